The van der Waals surface area contributed by atoms with Crippen LogP contribution in [0.2, 0.25) is 0 Å². The highest BCUT2D eigenvalue weighted by molar-refractivity contribution is 5.51. The molecule has 0 saturated heterocycles. The molecule has 0 unspecified atom stereocenters. The number of hydrogen-bond acceptors (Lipinski definition) is 1. The van der Waals surface area contributed by atoms with Gasteiger partial charge in [0.05, 0.1) is 0 Å². The Labute approximate surface area is 72.0 Å². The molecule has 1 heterocycles. The second-order valence-electron chi connectivity index (χ2n) is 3.07. The molecule has 0 bridgehead atoms. The van der Waals surface area contributed by atoms with Crippen molar-refractivity contribution >= 4 is 6.08 Å². The quantitative estimate of drug-likeness (QED) is 0.623. The van der Waals surface area contributed by atoms with E-state index in [9.17, 15) is 4.39 Å². The fraction of sp³-hybridized carbons (Fsp3) is 0.300. The molecule has 2 heteroatoms. The van der Waals surface area contributed by atoms with Crippen LogP contribution >= 0.6 is 0 Å². The molecule has 0 atom stereocenters. The maximum atomic E-state index is 13.1. The zero-order valence-electron chi connectivity index (χ0n) is 7.56. The minimum absolute atomic E-state index is 0.205. The van der Waals surface area contributed by atoms with Crippen LogP contribution in [0, 0.1) is 12.7 Å². The molecule has 1 aromatic rings. The summed E-state index contributed by atoms with van der Waals surface area (Å²) in [6.07, 6.45) is 3.33. The third-order valence-electron chi connectivity index (χ3n) is 1.46. The van der Waals surface area contributed by atoms with E-state index in [1.54, 1.807) is 19.2 Å². The van der Waals surface area contributed by atoms with E-state index in [1.165, 1.54) is 6.07 Å². The van der Waals surface area contributed by atoms with Crippen molar-refractivity contribution in [1.29, 1.82) is 0 Å². The number of hydrogen-bond donors (Lipinski definition) is 0. The molecule has 64 valence electrons. The van der Waals surface area contributed by atoms with E-state index in [1.807, 2.05) is 13.8 Å². The Morgan fingerprint density at radius 2 is 2.17 bits per heavy atom. The van der Waals surface area contributed by atoms with Gasteiger partial charge in [-0.05, 0) is 26.8 Å². The van der Waals surface area contributed by atoms with E-state index in [2.05, 4.69) is 4.98 Å². The van der Waals surface area contributed by atoms with E-state index in [4.69, 9.17) is 0 Å². The van der Waals surface area contributed by atoms with Crippen LogP contribution in [0.15, 0.2) is 17.8 Å². The lowest BCUT2D eigenvalue weighted by Crippen LogP contribution is -1.87. The Kier molecular flexibility index (Phi) is 2.58. The highest BCUT2D eigenvalue weighted by atomic mass is 19.1. The number of halogens is 1. The number of nitrogens with zero attached hydrogens (tertiary/aromatic N) is 1. The average molecular weight is 165 g/mol. The van der Waals surface area contributed by atoms with E-state index in [-0.39, 0.29) is 5.82 Å². The molecule has 0 amide bonds. The van der Waals surface area contributed by atoms with Gasteiger partial charge in [-0.1, -0.05) is 11.6 Å². The molecule has 12 heavy (non-hydrogen) atoms. The summed E-state index contributed by atoms with van der Waals surface area (Å²) in [6, 6.07) is 1.44. The van der Waals surface area contributed by atoms with Gasteiger partial charge in [0.25, 0.3) is 0 Å². The molecular formula is C10H12FN. The highest BCUT2D eigenvalue weighted by Crippen LogP contribution is 2.10. The van der Waals surface area contributed by atoms with Crippen molar-refractivity contribution in [2.45, 2.75) is 20.8 Å². The highest BCUT2D eigenvalue weighted by Gasteiger charge is 1.98. The first-order chi connectivity index (χ1) is 5.59. The SMILES string of the molecule is CC(C)=Cc1cnc(C)cc1F. The second-order valence-corrected chi connectivity index (χ2v) is 3.07. The van der Waals surface area contributed by atoms with Gasteiger partial charge in [0, 0.05) is 17.5 Å². The Balaban J connectivity index is 3.10. The molecule has 1 nitrogen and oxygen atoms in total. The van der Waals surface area contributed by atoms with Gasteiger partial charge in [-0.2, -0.15) is 0 Å². The predicted octanol–water partition coefficient (Wildman–Crippen LogP) is 2.95. The molecule has 0 aliphatic heterocycles. The molecule has 0 aliphatic rings. The van der Waals surface area contributed by atoms with E-state index >= 15 is 0 Å². The number of aryl methyl sites for hydroxylation is 1. The van der Waals surface area contributed by atoms with Crippen molar-refractivity contribution in [2.75, 3.05) is 0 Å². The number of allylic oxidation sites excluding steroid dienone is 1. The molecule has 0 saturated carbocycles. The van der Waals surface area contributed by atoms with Gasteiger partial charge in [-0.15, -0.1) is 0 Å². The number of rotatable bonds is 1. The van der Waals surface area contributed by atoms with Gasteiger partial charge >= 0.3 is 0 Å². The molecule has 0 aromatic carbocycles. The summed E-state index contributed by atoms with van der Waals surface area (Å²) in [5, 5.41) is 0. The van der Waals surface area contributed by atoms with Crippen LogP contribution in [0.4, 0.5) is 4.39 Å². The number of aromatic nitrogens is 1. The summed E-state index contributed by atoms with van der Waals surface area (Å²) in [5.74, 6) is -0.205. The zero-order valence-corrected chi connectivity index (χ0v) is 7.56. The fourth-order valence-corrected chi connectivity index (χ4v) is 0.954. The standard InChI is InChI=1S/C10H12FN/c1-7(2)4-9-6-12-8(3)5-10(9)11/h4-6H,1-3H3. The van der Waals surface area contributed by atoms with Gasteiger partial charge in [0.2, 0.25) is 0 Å². The molecule has 0 spiro atoms. The first-order valence-corrected chi connectivity index (χ1v) is 3.86. The molecule has 0 N–H and O–H groups in total. The largest absolute Gasteiger partial charge is 0.261 e. The van der Waals surface area contributed by atoms with Crippen molar-refractivity contribution < 1.29 is 4.39 Å². The van der Waals surface area contributed by atoms with Gasteiger partial charge in [0.15, 0.2) is 0 Å². The summed E-state index contributed by atoms with van der Waals surface area (Å²) >= 11 is 0. The first kappa shape index (κ1) is 8.91. The third-order valence-corrected chi connectivity index (χ3v) is 1.46. The average Bonchev–Trinajstić information content (AvgIpc) is 1.94. The Bertz CT molecular complexity index is 312. The van der Waals surface area contributed by atoms with Crippen LogP contribution in [0.5, 0.6) is 0 Å². The number of pyridine rings is 1. The first-order valence-electron chi connectivity index (χ1n) is 3.86. The van der Waals surface area contributed by atoms with Crippen LogP contribution < -0.4 is 0 Å². The smallest absolute Gasteiger partial charge is 0.133 e. The summed E-state index contributed by atoms with van der Waals surface area (Å²) < 4.78 is 13.1. The van der Waals surface area contributed by atoms with E-state index in [0.29, 0.717) is 11.3 Å². The van der Waals surface area contributed by atoms with Crippen LogP contribution in [-0.2, 0) is 0 Å². The van der Waals surface area contributed by atoms with Crippen molar-refractivity contribution in [2.24, 2.45) is 0 Å². The van der Waals surface area contributed by atoms with Crippen molar-refractivity contribution in [3.8, 4) is 0 Å². The lowest BCUT2D eigenvalue weighted by molar-refractivity contribution is 0.620. The normalized spacial score (nSPS) is 9.67. The van der Waals surface area contributed by atoms with Gasteiger partial charge in [0.1, 0.15) is 5.82 Å². The van der Waals surface area contributed by atoms with Crippen LogP contribution in [-0.4, -0.2) is 4.98 Å². The van der Waals surface area contributed by atoms with Gasteiger partial charge in [-0.25, -0.2) is 4.39 Å². The van der Waals surface area contributed by atoms with Crippen LogP contribution in [0.3, 0.4) is 0 Å². The Morgan fingerprint density at radius 1 is 1.50 bits per heavy atom. The van der Waals surface area contributed by atoms with Crippen LogP contribution in [0.25, 0.3) is 6.08 Å². The minimum atomic E-state index is -0.205. The van der Waals surface area contributed by atoms with E-state index in [0.717, 1.165) is 5.57 Å². The lowest BCUT2D eigenvalue weighted by Gasteiger charge is -1.98. The fourth-order valence-electron chi connectivity index (χ4n) is 0.954. The van der Waals surface area contributed by atoms with Gasteiger partial charge < -0.3 is 0 Å². The molecule has 1 aromatic heterocycles. The second kappa shape index (κ2) is 3.48. The summed E-state index contributed by atoms with van der Waals surface area (Å²) in [7, 11) is 0. The minimum Gasteiger partial charge on any atom is -0.261 e. The van der Waals surface area contributed by atoms with Crippen molar-refractivity contribution in [3.63, 3.8) is 0 Å². The molecule has 0 aliphatic carbocycles. The predicted molar refractivity (Wildman–Crippen MR) is 48.3 cm³/mol. The summed E-state index contributed by atoms with van der Waals surface area (Å²) in [6.45, 7) is 5.63. The topological polar surface area (TPSA) is 12.9 Å². The molecule has 0 fully saturated rings. The Morgan fingerprint density at radius 3 is 2.67 bits per heavy atom. The summed E-state index contributed by atoms with van der Waals surface area (Å²) in [4.78, 5) is 4.01. The van der Waals surface area contributed by atoms with Gasteiger partial charge in [-0.3, -0.25) is 4.98 Å². The van der Waals surface area contributed by atoms with Crippen molar-refractivity contribution in [3.05, 3.63) is 34.9 Å². The Hall–Kier alpha value is -1.18. The molecule has 0 radical (unpaired) electrons. The van der Waals surface area contributed by atoms with E-state index < -0.39 is 0 Å². The monoisotopic (exact) mass is 165 g/mol. The maximum absolute atomic E-state index is 13.1. The lowest BCUT2D eigenvalue weighted by atomic mass is 10.2. The third kappa shape index (κ3) is 2.16. The molecular weight excluding hydrogens is 153 g/mol. The summed E-state index contributed by atoms with van der Waals surface area (Å²) in [5.41, 5.74) is 2.33. The molecule has 1 rings (SSSR count). The zero-order chi connectivity index (χ0) is 9.14. The van der Waals surface area contributed by atoms with Crippen LogP contribution in [0.1, 0.15) is 25.1 Å². The maximum Gasteiger partial charge on any atom is 0.133 e. The van der Waals surface area contributed by atoms with Crippen molar-refractivity contribution in [1.82, 2.24) is 4.98 Å².